The largest absolute Gasteiger partial charge is 0.324 e. The quantitative estimate of drug-likeness (QED) is 0.784. The van der Waals surface area contributed by atoms with Crippen LogP contribution >= 0.6 is 43.2 Å². The van der Waals surface area contributed by atoms with Gasteiger partial charge in [-0.2, -0.15) is 0 Å². The molecule has 0 radical (unpaired) electrons. The standard InChI is InChI=1S/C14H14Br2N2OS/c1-18(8-10-6-7-13(16)20-10)9-14(19)17-12-5-3-2-4-11(12)15/h2-7H,8-9H2,1H3,(H,17,19). The second-order valence-electron chi connectivity index (χ2n) is 4.41. The molecule has 106 valence electrons. The van der Waals surface area contributed by atoms with Crippen molar-refractivity contribution in [2.45, 2.75) is 6.54 Å². The molecule has 1 N–H and O–H groups in total. The molecular formula is C14H14Br2N2OS. The third-order valence-corrected chi connectivity index (χ3v) is 4.92. The van der Waals surface area contributed by atoms with E-state index in [9.17, 15) is 4.79 Å². The Balaban J connectivity index is 1.86. The minimum absolute atomic E-state index is 0.0185. The number of anilines is 1. The second kappa shape index (κ2) is 7.36. The number of likely N-dealkylation sites (N-methyl/N-ethyl adjacent to an activating group) is 1. The van der Waals surface area contributed by atoms with E-state index in [1.165, 1.54) is 4.88 Å². The number of nitrogens with one attached hydrogen (secondary N) is 1. The number of benzene rings is 1. The van der Waals surface area contributed by atoms with Gasteiger partial charge in [0.15, 0.2) is 0 Å². The molecule has 0 atom stereocenters. The van der Waals surface area contributed by atoms with E-state index in [0.29, 0.717) is 6.54 Å². The average molecular weight is 418 g/mol. The third-order valence-electron chi connectivity index (χ3n) is 2.62. The van der Waals surface area contributed by atoms with Crippen LogP contribution in [0.1, 0.15) is 4.88 Å². The van der Waals surface area contributed by atoms with Gasteiger partial charge in [-0.3, -0.25) is 9.69 Å². The normalized spacial score (nSPS) is 10.8. The summed E-state index contributed by atoms with van der Waals surface area (Å²) in [6.45, 7) is 1.12. The van der Waals surface area contributed by atoms with E-state index in [1.807, 2.05) is 42.3 Å². The molecule has 0 unspecified atom stereocenters. The first-order valence-electron chi connectivity index (χ1n) is 6.02. The van der Waals surface area contributed by atoms with E-state index in [2.05, 4.69) is 43.2 Å². The number of para-hydroxylation sites is 1. The summed E-state index contributed by atoms with van der Waals surface area (Å²) in [7, 11) is 1.94. The lowest BCUT2D eigenvalue weighted by atomic mass is 10.3. The second-order valence-corrected chi connectivity index (χ2v) is 7.81. The van der Waals surface area contributed by atoms with E-state index in [1.54, 1.807) is 11.3 Å². The van der Waals surface area contributed by atoms with Crippen LogP contribution in [0, 0.1) is 0 Å². The molecule has 0 spiro atoms. The summed E-state index contributed by atoms with van der Waals surface area (Å²) in [6, 6.07) is 11.7. The molecule has 0 aliphatic carbocycles. The molecule has 1 aromatic heterocycles. The van der Waals surface area contributed by atoms with Crippen LogP contribution in [0.5, 0.6) is 0 Å². The number of carbonyl (C=O) groups is 1. The van der Waals surface area contributed by atoms with Crippen molar-refractivity contribution in [1.82, 2.24) is 4.90 Å². The first kappa shape index (κ1) is 15.7. The molecule has 0 bridgehead atoms. The van der Waals surface area contributed by atoms with Gasteiger partial charge >= 0.3 is 0 Å². The fraction of sp³-hybridized carbons (Fsp3) is 0.214. The van der Waals surface area contributed by atoms with Gasteiger partial charge < -0.3 is 5.32 Å². The van der Waals surface area contributed by atoms with Gasteiger partial charge in [0.1, 0.15) is 0 Å². The lowest BCUT2D eigenvalue weighted by molar-refractivity contribution is -0.117. The van der Waals surface area contributed by atoms with Gasteiger partial charge in [-0.05, 0) is 63.2 Å². The SMILES string of the molecule is CN(CC(=O)Nc1ccccc1Br)Cc1ccc(Br)s1. The third kappa shape index (κ3) is 4.70. The lowest BCUT2D eigenvalue weighted by Crippen LogP contribution is -2.29. The molecule has 0 fully saturated rings. The van der Waals surface area contributed by atoms with Crippen molar-refractivity contribution >= 4 is 54.8 Å². The van der Waals surface area contributed by atoms with Gasteiger partial charge in [-0.1, -0.05) is 12.1 Å². The maximum Gasteiger partial charge on any atom is 0.238 e. The summed E-state index contributed by atoms with van der Waals surface area (Å²) in [5.41, 5.74) is 0.796. The van der Waals surface area contributed by atoms with Crippen molar-refractivity contribution < 1.29 is 4.79 Å². The summed E-state index contributed by atoms with van der Waals surface area (Å²) in [5.74, 6) is -0.0185. The van der Waals surface area contributed by atoms with Crippen LogP contribution in [0.15, 0.2) is 44.7 Å². The topological polar surface area (TPSA) is 32.3 Å². The van der Waals surface area contributed by atoms with Gasteiger partial charge in [0, 0.05) is 15.9 Å². The van der Waals surface area contributed by atoms with Crippen molar-refractivity contribution in [2.24, 2.45) is 0 Å². The molecule has 0 saturated heterocycles. The molecule has 1 aromatic carbocycles. The Kier molecular flexibility index (Phi) is 5.77. The van der Waals surface area contributed by atoms with Crippen LogP contribution in [0.25, 0.3) is 0 Å². The van der Waals surface area contributed by atoms with Crippen LogP contribution in [-0.4, -0.2) is 24.4 Å². The van der Waals surface area contributed by atoms with E-state index in [4.69, 9.17) is 0 Å². The van der Waals surface area contributed by atoms with Crippen LogP contribution in [0.4, 0.5) is 5.69 Å². The molecule has 20 heavy (non-hydrogen) atoms. The zero-order valence-corrected chi connectivity index (χ0v) is 14.9. The van der Waals surface area contributed by atoms with E-state index in [0.717, 1.165) is 20.5 Å². The summed E-state index contributed by atoms with van der Waals surface area (Å²) >= 11 is 8.54. The molecule has 6 heteroatoms. The first-order chi connectivity index (χ1) is 9.54. The monoisotopic (exact) mass is 416 g/mol. The van der Waals surface area contributed by atoms with E-state index < -0.39 is 0 Å². The zero-order valence-electron chi connectivity index (χ0n) is 10.9. The average Bonchev–Trinajstić information content (AvgIpc) is 2.77. The zero-order chi connectivity index (χ0) is 14.5. The number of rotatable bonds is 5. The fourth-order valence-corrected chi connectivity index (χ4v) is 3.70. The van der Waals surface area contributed by atoms with Crippen LogP contribution in [0.3, 0.4) is 0 Å². The molecule has 1 heterocycles. The molecule has 2 rings (SSSR count). The molecular weight excluding hydrogens is 404 g/mol. The minimum Gasteiger partial charge on any atom is -0.324 e. The maximum atomic E-state index is 12.0. The Morgan fingerprint density at radius 1 is 1.25 bits per heavy atom. The minimum atomic E-state index is -0.0185. The van der Waals surface area contributed by atoms with E-state index in [-0.39, 0.29) is 5.91 Å². The van der Waals surface area contributed by atoms with Gasteiger partial charge in [0.05, 0.1) is 16.0 Å². The van der Waals surface area contributed by atoms with E-state index >= 15 is 0 Å². The van der Waals surface area contributed by atoms with Crippen LogP contribution in [-0.2, 0) is 11.3 Å². The number of amides is 1. The molecule has 0 aliphatic heterocycles. The number of nitrogens with zero attached hydrogens (tertiary/aromatic N) is 1. The highest BCUT2D eigenvalue weighted by molar-refractivity contribution is 9.11. The number of thiophene rings is 1. The van der Waals surface area contributed by atoms with Crippen molar-refractivity contribution in [3.05, 3.63) is 49.5 Å². The Morgan fingerprint density at radius 3 is 2.65 bits per heavy atom. The van der Waals surface area contributed by atoms with Crippen LogP contribution < -0.4 is 5.32 Å². The number of hydrogen-bond donors (Lipinski definition) is 1. The fourth-order valence-electron chi connectivity index (χ4n) is 1.76. The van der Waals surface area contributed by atoms with Gasteiger partial charge in [0.25, 0.3) is 0 Å². The summed E-state index contributed by atoms with van der Waals surface area (Å²) < 4.78 is 2.00. The summed E-state index contributed by atoms with van der Waals surface area (Å²) in [4.78, 5) is 15.2. The van der Waals surface area contributed by atoms with Gasteiger partial charge in [0.2, 0.25) is 5.91 Å². The smallest absolute Gasteiger partial charge is 0.238 e. The Labute approximate surface area is 139 Å². The summed E-state index contributed by atoms with van der Waals surface area (Å²) in [6.07, 6.45) is 0. The highest BCUT2D eigenvalue weighted by Crippen LogP contribution is 2.23. The summed E-state index contributed by atoms with van der Waals surface area (Å²) in [5, 5.41) is 2.90. The van der Waals surface area contributed by atoms with Crippen molar-refractivity contribution in [3.8, 4) is 0 Å². The molecule has 0 saturated carbocycles. The van der Waals surface area contributed by atoms with Crippen molar-refractivity contribution in [2.75, 3.05) is 18.9 Å². The van der Waals surface area contributed by atoms with Gasteiger partial charge in [-0.25, -0.2) is 0 Å². The maximum absolute atomic E-state index is 12.0. The predicted molar refractivity (Wildman–Crippen MR) is 91.1 cm³/mol. The molecule has 0 aliphatic rings. The molecule has 2 aromatic rings. The van der Waals surface area contributed by atoms with Gasteiger partial charge in [-0.15, -0.1) is 11.3 Å². The lowest BCUT2D eigenvalue weighted by Gasteiger charge is -2.15. The number of hydrogen-bond acceptors (Lipinski definition) is 3. The number of carbonyl (C=O) groups excluding carboxylic acids is 1. The highest BCUT2D eigenvalue weighted by atomic mass is 79.9. The van der Waals surface area contributed by atoms with Crippen molar-refractivity contribution in [1.29, 1.82) is 0 Å². The first-order valence-corrected chi connectivity index (χ1v) is 8.42. The van der Waals surface area contributed by atoms with Crippen LogP contribution in [0.2, 0.25) is 0 Å². The Hall–Kier alpha value is -0.690. The molecule has 3 nitrogen and oxygen atoms in total. The number of halogens is 2. The Bertz CT molecular complexity index is 600. The van der Waals surface area contributed by atoms with Crippen molar-refractivity contribution in [3.63, 3.8) is 0 Å². The predicted octanol–water partition coefficient (Wildman–Crippen LogP) is 4.34. The molecule has 1 amide bonds. The Morgan fingerprint density at radius 2 is 2.00 bits per heavy atom. The highest BCUT2D eigenvalue weighted by Gasteiger charge is 2.09.